The Labute approximate surface area is 162 Å². The summed E-state index contributed by atoms with van der Waals surface area (Å²) in [4.78, 5) is 38.7. The Bertz CT molecular complexity index is 1130. The molecule has 0 spiro atoms. The zero-order chi connectivity index (χ0) is 19.6. The lowest BCUT2D eigenvalue weighted by molar-refractivity contribution is -0.116. The lowest BCUT2D eigenvalue weighted by atomic mass is 10.0. The molecule has 0 unspecified atom stereocenters. The summed E-state index contributed by atoms with van der Waals surface area (Å²) in [5.74, 6) is 0.226. The molecule has 1 aromatic carbocycles. The van der Waals surface area contributed by atoms with Gasteiger partial charge in [0.25, 0.3) is 5.56 Å². The largest absolute Gasteiger partial charge is 0.497 e. The first-order valence-electron chi connectivity index (χ1n) is 8.17. The van der Waals surface area contributed by atoms with E-state index in [4.69, 9.17) is 9.15 Å². The van der Waals surface area contributed by atoms with Crippen molar-refractivity contribution in [2.24, 2.45) is 0 Å². The molecule has 27 heavy (non-hydrogen) atoms. The number of pyridine rings is 1. The van der Waals surface area contributed by atoms with Gasteiger partial charge in [0.2, 0.25) is 5.91 Å². The first kappa shape index (κ1) is 18.9. The predicted octanol–water partition coefficient (Wildman–Crippen LogP) is 3.13. The summed E-state index contributed by atoms with van der Waals surface area (Å²) in [6, 6.07) is 6.77. The lowest BCUT2D eigenvalue weighted by Gasteiger charge is -2.09. The number of hydrogen-bond acceptors (Lipinski definition) is 5. The number of carbonyl (C=O) groups is 1. The van der Waals surface area contributed by atoms with E-state index in [0.717, 1.165) is 10.9 Å². The molecule has 3 rings (SSSR count). The van der Waals surface area contributed by atoms with Crippen LogP contribution in [-0.4, -0.2) is 18.0 Å². The van der Waals surface area contributed by atoms with E-state index >= 15 is 0 Å². The molecule has 0 atom stereocenters. The third kappa shape index (κ3) is 4.11. The maximum atomic E-state index is 12.3. The van der Waals surface area contributed by atoms with Crippen molar-refractivity contribution in [3.05, 3.63) is 66.8 Å². The number of anilines is 1. The Kier molecular flexibility index (Phi) is 5.46. The normalized spacial score (nSPS) is 10.8. The lowest BCUT2D eigenvalue weighted by Crippen LogP contribution is -2.21. The molecule has 0 saturated carbocycles. The summed E-state index contributed by atoms with van der Waals surface area (Å²) in [6.45, 7) is 1.82. The predicted molar refractivity (Wildman–Crippen MR) is 105 cm³/mol. The number of aromatic nitrogens is 1. The maximum Gasteiger partial charge on any atom is 0.339 e. The Balaban J connectivity index is 1.80. The van der Waals surface area contributed by atoms with Gasteiger partial charge >= 0.3 is 5.63 Å². The Morgan fingerprint density at radius 3 is 2.81 bits per heavy atom. The molecule has 8 heteroatoms. The zero-order valence-electron chi connectivity index (χ0n) is 14.7. The van der Waals surface area contributed by atoms with Crippen molar-refractivity contribution in [3.8, 4) is 5.75 Å². The van der Waals surface area contributed by atoms with Gasteiger partial charge in [-0.3, -0.25) is 9.59 Å². The smallest absolute Gasteiger partial charge is 0.339 e. The average Bonchev–Trinajstić information content (AvgIpc) is 2.64. The second-order valence-electron chi connectivity index (χ2n) is 5.96. The fourth-order valence-electron chi connectivity index (χ4n) is 2.79. The van der Waals surface area contributed by atoms with Gasteiger partial charge in [-0.25, -0.2) is 4.79 Å². The van der Waals surface area contributed by atoms with Gasteiger partial charge in [0.05, 0.1) is 7.11 Å². The van der Waals surface area contributed by atoms with Crippen molar-refractivity contribution >= 4 is 38.5 Å². The third-order valence-corrected chi connectivity index (χ3v) is 4.70. The summed E-state index contributed by atoms with van der Waals surface area (Å²) in [7, 11) is 1.54. The minimum Gasteiger partial charge on any atom is -0.497 e. The summed E-state index contributed by atoms with van der Waals surface area (Å²) in [6.07, 6.45) is 1.73. The molecule has 0 aliphatic rings. The number of halogens is 1. The van der Waals surface area contributed by atoms with E-state index in [1.807, 2.05) is 13.0 Å². The number of fused-ring (bicyclic) bond motifs is 1. The van der Waals surface area contributed by atoms with E-state index in [2.05, 4.69) is 26.2 Å². The summed E-state index contributed by atoms with van der Waals surface area (Å²) >= 11 is 3.23. The first-order valence-corrected chi connectivity index (χ1v) is 8.96. The number of aryl methyl sites for hydroxylation is 1. The van der Waals surface area contributed by atoms with Crippen LogP contribution < -0.4 is 21.2 Å². The highest BCUT2D eigenvalue weighted by molar-refractivity contribution is 9.10. The minimum atomic E-state index is -0.485. The molecule has 0 saturated heterocycles. The number of methoxy groups -OCH3 is 1. The van der Waals surface area contributed by atoms with Crippen LogP contribution in [0, 0.1) is 6.92 Å². The number of benzene rings is 1. The van der Waals surface area contributed by atoms with Crippen LogP contribution in [-0.2, 0) is 11.2 Å². The van der Waals surface area contributed by atoms with E-state index in [-0.39, 0.29) is 24.4 Å². The third-order valence-electron chi connectivity index (χ3n) is 4.24. The fraction of sp³-hybridized carbons (Fsp3) is 0.211. The van der Waals surface area contributed by atoms with E-state index in [1.165, 1.54) is 19.4 Å². The van der Waals surface area contributed by atoms with Crippen LogP contribution in [0.4, 0.5) is 5.69 Å². The maximum absolute atomic E-state index is 12.3. The van der Waals surface area contributed by atoms with Crippen molar-refractivity contribution in [1.82, 2.24) is 4.98 Å². The molecule has 140 valence electrons. The van der Waals surface area contributed by atoms with Gasteiger partial charge in [0.15, 0.2) is 0 Å². The average molecular weight is 433 g/mol. The molecule has 0 bridgehead atoms. The van der Waals surface area contributed by atoms with Crippen LogP contribution in [0.1, 0.15) is 17.5 Å². The Hall–Kier alpha value is -2.87. The van der Waals surface area contributed by atoms with E-state index in [9.17, 15) is 14.4 Å². The molecular weight excluding hydrogens is 416 g/mol. The molecule has 0 aliphatic heterocycles. The van der Waals surface area contributed by atoms with E-state index < -0.39 is 11.2 Å². The molecule has 2 heterocycles. The quantitative estimate of drug-likeness (QED) is 0.603. The number of rotatable bonds is 5. The fourth-order valence-corrected chi connectivity index (χ4v) is 3.14. The Morgan fingerprint density at radius 1 is 1.30 bits per heavy atom. The van der Waals surface area contributed by atoms with Gasteiger partial charge in [0.1, 0.15) is 17.0 Å². The SMILES string of the molecule is COc1ccc2c(C)c(CCC(=O)Nc3cc(Br)c[nH]c3=O)c(=O)oc2c1. The zero-order valence-corrected chi connectivity index (χ0v) is 16.3. The van der Waals surface area contributed by atoms with Crippen LogP contribution >= 0.6 is 15.9 Å². The van der Waals surface area contributed by atoms with Gasteiger partial charge in [-0.15, -0.1) is 0 Å². The van der Waals surface area contributed by atoms with Crippen LogP contribution in [0.5, 0.6) is 5.75 Å². The number of nitrogens with one attached hydrogen (secondary N) is 2. The van der Waals surface area contributed by atoms with Crippen LogP contribution in [0.3, 0.4) is 0 Å². The van der Waals surface area contributed by atoms with Crippen molar-refractivity contribution < 1.29 is 13.9 Å². The van der Waals surface area contributed by atoms with E-state index in [1.54, 1.807) is 12.1 Å². The molecule has 0 radical (unpaired) electrons. The van der Waals surface area contributed by atoms with Crippen molar-refractivity contribution in [3.63, 3.8) is 0 Å². The molecule has 0 aliphatic carbocycles. The standard InChI is InChI=1S/C19H17BrN2O5/c1-10-13-4-3-12(26-2)8-16(13)27-19(25)14(10)5-6-17(23)22-15-7-11(20)9-21-18(15)24/h3-4,7-9H,5-6H2,1-2H3,(H,21,24)(H,22,23). The molecule has 7 nitrogen and oxygen atoms in total. The summed E-state index contributed by atoms with van der Waals surface area (Å²) in [5, 5.41) is 3.34. The molecule has 1 amide bonds. The second kappa shape index (κ2) is 7.79. The van der Waals surface area contributed by atoms with E-state index in [0.29, 0.717) is 21.4 Å². The van der Waals surface area contributed by atoms with Gasteiger partial charge in [-0.1, -0.05) is 0 Å². The van der Waals surface area contributed by atoms with Crippen LogP contribution in [0.15, 0.2) is 48.9 Å². The van der Waals surface area contributed by atoms with Crippen LogP contribution in [0.25, 0.3) is 11.0 Å². The summed E-state index contributed by atoms with van der Waals surface area (Å²) < 4.78 is 11.2. The van der Waals surface area contributed by atoms with Gasteiger partial charge < -0.3 is 19.5 Å². The van der Waals surface area contributed by atoms with Gasteiger partial charge in [0, 0.05) is 34.1 Å². The molecule has 0 fully saturated rings. The van der Waals surface area contributed by atoms with Crippen molar-refractivity contribution in [1.29, 1.82) is 0 Å². The highest BCUT2D eigenvalue weighted by Gasteiger charge is 2.14. The highest BCUT2D eigenvalue weighted by Crippen LogP contribution is 2.24. The molecule has 2 N–H and O–H groups in total. The van der Waals surface area contributed by atoms with Gasteiger partial charge in [-0.2, -0.15) is 0 Å². The van der Waals surface area contributed by atoms with Crippen molar-refractivity contribution in [2.45, 2.75) is 19.8 Å². The minimum absolute atomic E-state index is 0.0409. The summed E-state index contributed by atoms with van der Waals surface area (Å²) in [5.41, 5.74) is 0.890. The molecule has 2 aromatic heterocycles. The first-order chi connectivity index (χ1) is 12.9. The monoisotopic (exact) mass is 432 g/mol. The Morgan fingerprint density at radius 2 is 2.07 bits per heavy atom. The van der Waals surface area contributed by atoms with Crippen LogP contribution in [0.2, 0.25) is 0 Å². The molecule has 3 aromatic rings. The second-order valence-corrected chi connectivity index (χ2v) is 6.88. The molecular formula is C19H17BrN2O5. The number of amides is 1. The number of H-pyrrole nitrogens is 1. The van der Waals surface area contributed by atoms with Crippen molar-refractivity contribution in [2.75, 3.05) is 12.4 Å². The number of ether oxygens (including phenoxy) is 1. The highest BCUT2D eigenvalue weighted by atomic mass is 79.9. The topological polar surface area (TPSA) is 101 Å². The number of hydrogen-bond donors (Lipinski definition) is 2. The number of carbonyl (C=O) groups excluding carboxylic acids is 1. The van der Waals surface area contributed by atoms with Gasteiger partial charge in [-0.05, 0) is 53.0 Å². The number of aromatic amines is 1.